The molecule has 0 fully saturated rings. The predicted molar refractivity (Wildman–Crippen MR) is 230 cm³/mol. The lowest BCUT2D eigenvalue weighted by Gasteiger charge is -2.22. The lowest BCUT2D eigenvalue weighted by Crippen LogP contribution is -2.14. The van der Waals surface area contributed by atoms with Crippen molar-refractivity contribution in [1.82, 2.24) is 4.40 Å². The zero-order valence-corrected chi connectivity index (χ0v) is 30.2. The fourth-order valence-corrected chi connectivity index (χ4v) is 9.70. The molecule has 0 amide bonds. The van der Waals surface area contributed by atoms with Crippen LogP contribution in [0.2, 0.25) is 0 Å². The Morgan fingerprint density at radius 2 is 0.833 bits per heavy atom. The summed E-state index contributed by atoms with van der Waals surface area (Å²) in [4.78, 5) is 0. The summed E-state index contributed by atoms with van der Waals surface area (Å²) >= 11 is 0. The van der Waals surface area contributed by atoms with Crippen LogP contribution in [0.25, 0.3) is 104 Å². The highest BCUT2D eigenvalue weighted by molar-refractivity contribution is 6.27. The number of hydrogen-bond donors (Lipinski definition) is 0. The summed E-state index contributed by atoms with van der Waals surface area (Å²) in [5.74, 6) is 0. The van der Waals surface area contributed by atoms with Crippen molar-refractivity contribution in [2.24, 2.45) is 0 Å². The van der Waals surface area contributed by atoms with E-state index in [1.165, 1.54) is 115 Å². The van der Waals surface area contributed by atoms with E-state index in [0.29, 0.717) is 0 Å². The molecule has 12 rings (SSSR count). The van der Waals surface area contributed by atoms with Crippen LogP contribution in [-0.4, -0.2) is 4.40 Å². The Hall–Kier alpha value is -6.70. The maximum Gasteiger partial charge on any atom is 0.0620 e. The van der Waals surface area contributed by atoms with E-state index in [0.717, 1.165) is 0 Å². The standard InChI is InChI=1S/C53H35N/c1-53(2)48-16-10-9-15-42(48)43-22-21-38(29-49(43)53)41-27-46-44-25-36-19-17-34(32-11-5-3-6-12-32)23-39(36)30-50(44)54-51-31-40-24-35(33-13-7-4-8-14-33)18-20-37(40)26-45(51)47(28-41)52(46)54/h3-31H,1-2H3. The number of nitrogens with zero attached hydrogens (tertiary/aromatic N) is 1. The van der Waals surface area contributed by atoms with E-state index < -0.39 is 0 Å². The minimum atomic E-state index is -0.0551. The molecule has 2 heterocycles. The molecule has 9 aromatic carbocycles. The largest absolute Gasteiger partial charge is 0.308 e. The van der Waals surface area contributed by atoms with Gasteiger partial charge >= 0.3 is 0 Å². The van der Waals surface area contributed by atoms with Crippen molar-refractivity contribution in [3.05, 3.63) is 187 Å². The number of aromatic nitrogens is 1. The van der Waals surface area contributed by atoms with E-state index in [1.807, 2.05) is 0 Å². The Morgan fingerprint density at radius 1 is 0.333 bits per heavy atom. The Bertz CT molecular complexity index is 3160. The quantitative estimate of drug-likeness (QED) is 0.174. The zero-order chi connectivity index (χ0) is 35.7. The minimum Gasteiger partial charge on any atom is -0.308 e. The Balaban J connectivity index is 1.15. The average molecular weight is 686 g/mol. The minimum absolute atomic E-state index is 0.0551. The smallest absolute Gasteiger partial charge is 0.0620 e. The number of hydrogen-bond acceptors (Lipinski definition) is 0. The van der Waals surface area contributed by atoms with Gasteiger partial charge in [-0.3, -0.25) is 0 Å². The third-order valence-electron chi connectivity index (χ3n) is 12.4. The Morgan fingerprint density at radius 3 is 1.43 bits per heavy atom. The van der Waals surface area contributed by atoms with E-state index in [4.69, 9.17) is 0 Å². The Labute approximate surface area is 313 Å². The Kier molecular flexibility index (Phi) is 5.90. The summed E-state index contributed by atoms with van der Waals surface area (Å²) in [5.41, 5.74) is 16.8. The van der Waals surface area contributed by atoms with Gasteiger partial charge in [-0.05, 0) is 132 Å². The molecule has 54 heavy (non-hydrogen) atoms. The molecule has 0 spiro atoms. The average Bonchev–Trinajstić information content (AvgIpc) is 3.80. The van der Waals surface area contributed by atoms with Gasteiger partial charge in [-0.25, -0.2) is 0 Å². The maximum atomic E-state index is 2.55. The van der Waals surface area contributed by atoms with Gasteiger partial charge in [0.15, 0.2) is 0 Å². The van der Waals surface area contributed by atoms with E-state index >= 15 is 0 Å². The van der Waals surface area contributed by atoms with Crippen molar-refractivity contribution >= 4 is 59.6 Å². The highest BCUT2D eigenvalue weighted by Crippen LogP contribution is 2.50. The van der Waals surface area contributed by atoms with Gasteiger partial charge in [0.2, 0.25) is 0 Å². The van der Waals surface area contributed by atoms with Crippen LogP contribution < -0.4 is 0 Å². The molecular weight excluding hydrogens is 651 g/mol. The van der Waals surface area contributed by atoms with E-state index in [1.54, 1.807) is 0 Å². The van der Waals surface area contributed by atoms with Gasteiger partial charge in [0.1, 0.15) is 0 Å². The fraction of sp³-hybridized carbons (Fsp3) is 0.0566. The van der Waals surface area contributed by atoms with Crippen LogP contribution in [0.4, 0.5) is 0 Å². The molecule has 0 unspecified atom stereocenters. The first-order valence-corrected chi connectivity index (χ1v) is 19.0. The zero-order valence-electron chi connectivity index (χ0n) is 30.2. The first kappa shape index (κ1) is 29.8. The van der Waals surface area contributed by atoms with Crippen LogP contribution in [-0.2, 0) is 5.41 Å². The molecule has 0 aliphatic heterocycles. The lowest BCUT2D eigenvalue weighted by molar-refractivity contribution is 0.660. The van der Waals surface area contributed by atoms with Crippen molar-refractivity contribution < 1.29 is 0 Å². The normalized spacial score (nSPS) is 13.5. The van der Waals surface area contributed by atoms with Gasteiger partial charge in [-0.2, -0.15) is 0 Å². The van der Waals surface area contributed by atoms with Crippen molar-refractivity contribution in [3.8, 4) is 44.5 Å². The van der Waals surface area contributed by atoms with Crippen LogP contribution >= 0.6 is 0 Å². The molecule has 0 bridgehead atoms. The predicted octanol–water partition coefficient (Wildman–Crippen LogP) is 14.5. The lowest BCUT2D eigenvalue weighted by atomic mass is 9.81. The second kappa shape index (κ2) is 10.7. The van der Waals surface area contributed by atoms with E-state index in [2.05, 4.69) is 194 Å². The molecule has 2 aromatic heterocycles. The van der Waals surface area contributed by atoms with Crippen molar-refractivity contribution in [2.45, 2.75) is 19.3 Å². The van der Waals surface area contributed by atoms with Gasteiger partial charge in [-0.15, -0.1) is 0 Å². The first-order valence-electron chi connectivity index (χ1n) is 19.0. The molecule has 0 radical (unpaired) electrons. The molecule has 0 N–H and O–H groups in total. The summed E-state index contributed by atoms with van der Waals surface area (Å²) < 4.78 is 2.55. The summed E-state index contributed by atoms with van der Waals surface area (Å²) in [6.07, 6.45) is 0. The molecule has 11 aromatic rings. The summed E-state index contributed by atoms with van der Waals surface area (Å²) in [5, 5.41) is 10.2. The van der Waals surface area contributed by atoms with Crippen molar-refractivity contribution in [3.63, 3.8) is 0 Å². The fourth-order valence-electron chi connectivity index (χ4n) is 9.70. The van der Waals surface area contributed by atoms with Crippen LogP contribution in [0.1, 0.15) is 25.0 Å². The molecule has 0 atom stereocenters. The number of fused-ring (bicyclic) bond motifs is 11. The van der Waals surface area contributed by atoms with Crippen molar-refractivity contribution in [2.75, 3.05) is 0 Å². The number of rotatable bonds is 3. The van der Waals surface area contributed by atoms with Crippen molar-refractivity contribution in [1.29, 1.82) is 0 Å². The third kappa shape index (κ3) is 4.10. The van der Waals surface area contributed by atoms with Gasteiger partial charge in [-0.1, -0.05) is 135 Å². The molecule has 1 aliphatic carbocycles. The molecule has 1 aliphatic rings. The van der Waals surface area contributed by atoms with Crippen LogP contribution in [0.15, 0.2) is 176 Å². The topological polar surface area (TPSA) is 4.41 Å². The van der Waals surface area contributed by atoms with Crippen LogP contribution in [0.5, 0.6) is 0 Å². The monoisotopic (exact) mass is 685 g/mol. The second-order valence-corrected chi connectivity index (χ2v) is 15.8. The molecule has 0 saturated carbocycles. The highest BCUT2D eigenvalue weighted by Gasteiger charge is 2.35. The van der Waals surface area contributed by atoms with Crippen LogP contribution in [0.3, 0.4) is 0 Å². The van der Waals surface area contributed by atoms with Crippen LogP contribution in [0, 0.1) is 0 Å². The SMILES string of the molecule is CC1(C)c2ccccc2-c2ccc(-c3cc4c5cc6ccc(-c7ccccc7)cc6cc5n5c6cc7cc(-c8ccccc8)ccc7cc6c(c3)c45)cc21. The van der Waals surface area contributed by atoms with E-state index in [-0.39, 0.29) is 5.41 Å². The third-order valence-corrected chi connectivity index (χ3v) is 12.4. The molecular formula is C53H35N. The summed E-state index contributed by atoms with van der Waals surface area (Å²) in [6.45, 7) is 4.74. The maximum absolute atomic E-state index is 2.55. The van der Waals surface area contributed by atoms with Gasteiger partial charge < -0.3 is 4.40 Å². The number of benzene rings is 9. The summed E-state index contributed by atoms with van der Waals surface area (Å²) in [6, 6.07) is 66.0. The molecule has 0 saturated heterocycles. The van der Waals surface area contributed by atoms with E-state index in [9.17, 15) is 0 Å². The molecule has 252 valence electrons. The second-order valence-electron chi connectivity index (χ2n) is 15.8. The first-order chi connectivity index (χ1) is 26.5. The molecule has 1 nitrogen and oxygen atoms in total. The van der Waals surface area contributed by atoms with Gasteiger partial charge in [0.25, 0.3) is 0 Å². The van der Waals surface area contributed by atoms with Gasteiger partial charge in [0.05, 0.1) is 16.6 Å². The van der Waals surface area contributed by atoms with Gasteiger partial charge in [0, 0.05) is 27.0 Å². The summed E-state index contributed by atoms with van der Waals surface area (Å²) in [7, 11) is 0. The highest BCUT2D eigenvalue weighted by atomic mass is 14.9. The molecule has 1 heteroatoms.